The minimum atomic E-state index is 1.14. The van der Waals surface area contributed by atoms with Gasteiger partial charge >= 0.3 is 0 Å². The zero-order chi connectivity index (χ0) is 19.8. The van der Waals surface area contributed by atoms with Crippen molar-refractivity contribution in [3.8, 4) is 0 Å². The van der Waals surface area contributed by atoms with Crippen LogP contribution in [-0.4, -0.2) is 0 Å². The molecule has 0 saturated carbocycles. The highest BCUT2D eigenvalue weighted by atomic mass is 15.0. The van der Waals surface area contributed by atoms with E-state index in [0.29, 0.717) is 0 Å². The van der Waals surface area contributed by atoms with Crippen molar-refractivity contribution in [2.45, 2.75) is 6.42 Å². The van der Waals surface area contributed by atoms with Crippen LogP contribution in [0.4, 0.5) is 0 Å². The molecule has 0 fully saturated rings. The van der Waals surface area contributed by atoms with E-state index in [0.717, 1.165) is 6.42 Å². The van der Waals surface area contributed by atoms with Gasteiger partial charge < -0.3 is 66.4 Å². The van der Waals surface area contributed by atoms with Gasteiger partial charge in [0.15, 0.2) is 0 Å². The third kappa shape index (κ3) is 35300. The minimum absolute atomic E-state index is 1.14. The van der Waals surface area contributed by atoms with Crippen LogP contribution >= 0.6 is 0 Å². The molecule has 23 heavy (non-hydrogen) atoms. The summed E-state index contributed by atoms with van der Waals surface area (Å²) in [5.41, 5.74) is 81.0. The van der Waals surface area contributed by atoms with Gasteiger partial charge in [0.05, 0.1) is 0 Å². The number of rotatable bonds is 0. The molecule has 0 aliphatic heterocycles. The monoisotopic (exact) mass is 318 g/mol. The van der Waals surface area contributed by atoms with Gasteiger partial charge in [-0.25, -0.2) is 0 Å². The van der Waals surface area contributed by atoms with E-state index in [1.807, 2.05) is 0 Å². The molecule has 122 valence electrons. The first-order chi connectivity index (χ1) is 11.0. The van der Waals surface area contributed by atoms with Crippen LogP contribution in [-0.2, 0) is 0 Å². The van der Waals surface area contributed by atoms with Crippen LogP contribution in [0.2, 0.25) is 0 Å². The molecule has 1 aliphatic rings. The molecule has 18 heteroatoms. The summed E-state index contributed by atoms with van der Waals surface area (Å²) in [5.74, 6) is 0. The normalized spacial score (nSPS) is 5.91. The fraction of sp³-hybridized carbons (Fsp3) is 0.200. The molecular formula is C5H6N18-6. The Morgan fingerprint density at radius 1 is 0.391 bits per heavy atom. The van der Waals surface area contributed by atoms with Crippen molar-refractivity contribution >= 4 is 0 Å². The Bertz CT molecular complexity index is 368. The van der Waals surface area contributed by atoms with E-state index in [-0.39, 0.29) is 0 Å². The quantitative estimate of drug-likeness (QED) is 0.255. The Kier molecular flexibility index (Phi) is 181. The van der Waals surface area contributed by atoms with Gasteiger partial charge in [-0.1, -0.05) is 24.3 Å². The first-order valence-corrected chi connectivity index (χ1v) is 4.22. The molecule has 1 rings (SSSR count). The van der Waals surface area contributed by atoms with Gasteiger partial charge in [0, 0.05) is 0 Å². The molecule has 0 radical (unpaired) electrons. The molecule has 0 bridgehead atoms. The van der Waals surface area contributed by atoms with Gasteiger partial charge in [0.25, 0.3) is 0 Å². The summed E-state index contributed by atoms with van der Waals surface area (Å²) < 4.78 is 0. The summed E-state index contributed by atoms with van der Waals surface area (Å²) in [6.07, 6.45) is 9.50. The lowest BCUT2D eigenvalue weighted by atomic mass is 10.5. The smallest absolute Gasteiger partial charge is 0.0163 e. The zero-order valence-corrected chi connectivity index (χ0v) is 11.1. The lowest BCUT2D eigenvalue weighted by Gasteiger charge is -1.57. The second-order valence-electron chi connectivity index (χ2n) is 1.63. The van der Waals surface area contributed by atoms with E-state index >= 15 is 0 Å². The number of nitrogens with zero attached hydrogens (tertiary/aromatic N) is 18. The van der Waals surface area contributed by atoms with E-state index in [1.165, 1.54) is 29.5 Å². The predicted octanol–water partition coefficient (Wildman–Crippen LogP) is 6.70. The van der Waals surface area contributed by atoms with E-state index in [2.05, 4.69) is 24.3 Å². The van der Waals surface area contributed by atoms with Crippen LogP contribution in [0.15, 0.2) is 24.3 Å². The molecule has 0 aromatic carbocycles. The Balaban J connectivity index is -0.0000000373. The fourth-order valence-corrected chi connectivity index (χ4v) is 0.393. The number of allylic oxidation sites excluding steroid dienone is 4. The lowest BCUT2D eigenvalue weighted by molar-refractivity contribution is 1.45. The summed E-state index contributed by atoms with van der Waals surface area (Å²) >= 11 is 0. The van der Waals surface area contributed by atoms with Crippen molar-refractivity contribution in [3.05, 3.63) is 120 Å². The topological polar surface area (TPSA) is 352 Å². The third-order valence-corrected chi connectivity index (χ3v) is 0.655. The van der Waals surface area contributed by atoms with Gasteiger partial charge in [0.1, 0.15) is 0 Å². The second kappa shape index (κ2) is 115. The molecule has 18 nitrogen and oxygen atoms in total. The second-order valence-corrected chi connectivity index (χ2v) is 1.63. The maximum Gasteiger partial charge on any atom is -0.0163 e. The van der Waals surface area contributed by atoms with Crippen molar-refractivity contribution in [2.75, 3.05) is 0 Å². The van der Waals surface area contributed by atoms with E-state index in [4.69, 9.17) is 66.4 Å². The maximum atomic E-state index is 6.75. The van der Waals surface area contributed by atoms with Crippen molar-refractivity contribution in [3.63, 3.8) is 0 Å². The average molecular weight is 318 g/mol. The Hall–Kier alpha value is -4.66. The largest absolute Gasteiger partial charge is 0.373 e. The summed E-state index contributed by atoms with van der Waals surface area (Å²) in [6.45, 7) is 0. The van der Waals surface area contributed by atoms with Crippen molar-refractivity contribution in [1.82, 2.24) is 0 Å². The van der Waals surface area contributed by atoms with Crippen LogP contribution in [0.1, 0.15) is 6.42 Å². The van der Waals surface area contributed by atoms with Gasteiger partial charge in [-0.3, -0.25) is 29.5 Å². The number of hydrogen-bond donors (Lipinski definition) is 0. The first-order valence-electron chi connectivity index (χ1n) is 4.22. The fourth-order valence-electron chi connectivity index (χ4n) is 0.393. The highest BCUT2D eigenvalue weighted by molar-refractivity contribution is 5.11. The molecule has 0 aromatic rings. The Morgan fingerprint density at radius 2 is 0.522 bits per heavy atom. The van der Waals surface area contributed by atoms with Crippen LogP contribution in [0.3, 0.4) is 0 Å². The SMILES string of the molecule is C1=CCC=C1.[N-]=[N+]=[N-].[N-]=[N+]=[N-].[N-]=[N+]=[N-].[N-]=[N+]=[N-].[N-]=[N+]=[N-].[N-]=[N+]=[N-]. The van der Waals surface area contributed by atoms with Gasteiger partial charge in [0.2, 0.25) is 0 Å². The minimum Gasteiger partial charge on any atom is -0.373 e. The molecule has 0 spiro atoms. The summed E-state index contributed by atoms with van der Waals surface area (Å²) in [6, 6.07) is 0. The molecular weight excluding hydrogens is 312 g/mol. The third-order valence-electron chi connectivity index (χ3n) is 0.655. The highest BCUT2D eigenvalue weighted by Gasteiger charge is 1.72. The van der Waals surface area contributed by atoms with Crippen LogP contribution < -0.4 is 0 Å². The summed E-state index contributed by atoms with van der Waals surface area (Å²) in [4.78, 5) is 9.00. The first kappa shape index (κ1) is 36.2. The van der Waals surface area contributed by atoms with Crippen LogP contribution in [0.25, 0.3) is 95.8 Å². The average Bonchev–Trinajstić information content (AvgIpc) is 3.02. The molecule has 0 amide bonds. The van der Waals surface area contributed by atoms with Gasteiger partial charge in [-0.05, 0) is 6.42 Å². The molecule has 0 heterocycles. The van der Waals surface area contributed by atoms with E-state index < -0.39 is 0 Å². The Morgan fingerprint density at radius 3 is 0.565 bits per heavy atom. The van der Waals surface area contributed by atoms with Gasteiger partial charge in [-0.2, -0.15) is 0 Å². The van der Waals surface area contributed by atoms with Crippen LogP contribution in [0.5, 0.6) is 0 Å². The molecule has 0 N–H and O–H groups in total. The summed E-state index contributed by atoms with van der Waals surface area (Å²) in [5, 5.41) is 0. The van der Waals surface area contributed by atoms with E-state index in [1.54, 1.807) is 0 Å². The molecule has 0 unspecified atom stereocenters. The van der Waals surface area contributed by atoms with Gasteiger partial charge in [-0.15, -0.1) is 0 Å². The molecule has 1 aliphatic carbocycles. The zero-order valence-electron chi connectivity index (χ0n) is 11.1. The standard InChI is InChI=1S/C5H6.6N3/c1-2-4-5-3-1;6*1-3-2/h1-4H,5H2;;;;;;/q;6*-1. The molecule has 0 saturated heterocycles. The van der Waals surface area contributed by atoms with Crippen molar-refractivity contribution in [2.24, 2.45) is 0 Å². The predicted molar refractivity (Wildman–Crippen MR) is 83.4 cm³/mol. The van der Waals surface area contributed by atoms with Crippen LogP contribution in [0, 0.1) is 0 Å². The molecule has 0 aromatic heterocycles. The Labute approximate surface area is 127 Å². The number of hydrogen-bond acceptors (Lipinski definition) is 0. The maximum absolute atomic E-state index is 6.75. The highest BCUT2D eigenvalue weighted by Crippen LogP contribution is 1.93. The summed E-state index contributed by atoms with van der Waals surface area (Å²) in [7, 11) is 0. The molecule has 0 atom stereocenters. The van der Waals surface area contributed by atoms with Crippen molar-refractivity contribution < 1.29 is 0 Å². The van der Waals surface area contributed by atoms with Crippen molar-refractivity contribution in [1.29, 1.82) is 0 Å². The van der Waals surface area contributed by atoms with E-state index in [9.17, 15) is 0 Å². The lowest BCUT2D eigenvalue weighted by Crippen LogP contribution is -1.37.